The molecule has 0 radical (unpaired) electrons. The standard InChI is InChI=1S/C34H38N2O13/c1-43-18-8-7-16-23-25(47-26(16)27(18)44-2)17-12-15-6-5-11-34(42)29(41)24(40)32(45-19(15)13-20(17)49-33(23)9-3-4-10-33)48-30(34)28(31(35)36)46-22(39)14-21(37)38/h7-8,12-13,23-25,28-32,40-42H,3-4,9-11,14,35-36H2,1-2H3,(H,37,38)/t23-,24+,25-,28-,29+,30+,32+,34-/m0/s1. The third-order valence-corrected chi connectivity index (χ3v) is 10.1. The number of carboxylic acid groups (broad SMARTS) is 1. The van der Waals surface area contributed by atoms with Gasteiger partial charge in [-0.3, -0.25) is 9.59 Å². The van der Waals surface area contributed by atoms with Crippen LogP contribution in [-0.4, -0.2) is 94.7 Å². The molecule has 5 heterocycles. The second kappa shape index (κ2) is 12.2. The summed E-state index contributed by atoms with van der Waals surface area (Å²) in [6, 6.07) is 7.25. The zero-order valence-electron chi connectivity index (χ0n) is 26.8. The Bertz CT molecular complexity index is 1730. The lowest BCUT2D eigenvalue weighted by Crippen LogP contribution is -2.72. The van der Waals surface area contributed by atoms with E-state index in [-0.39, 0.29) is 11.7 Å². The van der Waals surface area contributed by atoms with Crippen LogP contribution in [-0.2, 0) is 19.1 Å². The van der Waals surface area contributed by atoms with Gasteiger partial charge in [0.15, 0.2) is 17.6 Å². The largest absolute Gasteiger partial charge is 0.493 e. The molecule has 2 aromatic rings. The zero-order chi connectivity index (χ0) is 34.8. The Kier molecular flexibility index (Phi) is 8.29. The van der Waals surface area contributed by atoms with Gasteiger partial charge < -0.3 is 65.1 Å². The lowest BCUT2D eigenvalue weighted by Gasteiger charge is -2.50. The third kappa shape index (κ3) is 5.30. The van der Waals surface area contributed by atoms with Crippen LogP contribution in [0.3, 0.4) is 0 Å². The highest BCUT2D eigenvalue weighted by atomic mass is 16.7. The fourth-order valence-electron chi connectivity index (χ4n) is 7.88. The predicted octanol–water partition coefficient (Wildman–Crippen LogP) is 0.568. The van der Waals surface area contributed by atoms with Crippen LogP contribution in [0, 0.1) is 11.8 Å². The number of aliphatic hydroxyl groups is 3. The van der Waals surface area contributed by atoms with Crippen LogP contribution in [0.5, 0.6) is 28.7 Å². The minimum Gasteiger partial charge on any atom is -0.493 e. The number of aliphatic hydroxyl groups excluding tert-OH is 2. The Hall–Kier alpha value is -4.30. The van der Waals surface area contributed by atoms with Gasteiger partial charge in [0.1, 0.15) is 53.5 Å². The van der Waals surface area contributed by atoms with E-state index in [9.17, 15) is 24.9 Å². The average Bonchev–Trinajstić information content (AvgIpc) is 3.69. The van der Waals surface area contributed by atoms with Gasteiger partial charge in [-0.05, 0) is 37.8 Å². The average molecular weight is 683 g/mol. The molecule has 49 heavy (non-hydrogen) atoms. The fourth-order valence-corrected chi connectivity index (χ4v) is 7.88. The molecule has 15 nitrogen and oxygen atoms in total. The van der Waals surface area contributed by atoms with Crippen LogP contribution >= 0.6 is 0 Å². The smallest absolute Gasteiger partial charge is 0.317 e. The Labute approximate surface area is 280 Å². The molecule has 1 aliphatic carbocycles. The highest BCUT2D eigenvalue weighted by Crippen LogP contribution is 2.64. The number of benzene rings is 2. The van der Waals surface area contributed by atoms with Crippen molar-refractivity contribution in [3.63, 3.8) is 0 Å². The molecule has 8 atom stereocenters. The van der Waals surface area contributed by atoms with E-state index in [0.717, 1.165) is 31.2 Å². The number of carbonyl (C=O) groups is 2. The summed E-state index contributed by atoms with van der Waals surface area (Å²) in [6.45, 7) is 0. The minimum absolute atomic E-state index is 0.145. The molecular formula is C34H38N2O13. The number of hydrogen-bond acceptors (Lipinski definition) is 14. The van der Waals surface area contributed by atoms with Gasteiger partial charge in [0.25, 0.3) is 0 Å². The number of methoxy groups -OCH3 is 2. The molecule has 2 bridgehead atoms. The summed E-state index contributed by atoms with van der Waals surface area (Å²) in [5, 5.41) is 43.1. The zero-order valence-corrected chi connectivity index (χ0v) is 26.8. The van der Waals surface area contributed by atoms with Crippen molar-refractivity contribution >= 4 is 11.9 Å². The van der Waals surface area contributed by atoms with Crippen molar-refractivity contribution in [3.8, 4) is 40.6 Å². The molecule has 5 aliphatic heterocycles. The number of carbonyl (C=O) groups excluding carboxylic acids is 1. The first-order valence-electron chi connectivity index (χ1n) is 16.0. The molecule has 262 valence electrons. The van der Waals surface area contributed by atoms with Crippen molar-refractivity contribution in [3.05, 3.63) is 41.0 Å². The van der Waals surface area contributed by atoms with Crippen molar-refractivity contribution in [1.82, 2.24) is 0 Å². The van der Waals surface area contributed by atoms with E-state index in [1.807, 2.05) is 12.1 Å². The van der Waals surface area contributed by atoms with Crippen molar-refractivity contribution in [2.75, 3.05) is 14.2 Å². The molecule has 0 amide bonds. The highest BCUT2D eigenvalue weighted by Gasteiger charge is 2.60. The number of esters is 1. The van der Waals surface area contributed by atoms with Gasteiger partial charge in [0.2, 0.25) is 12.0 Å². The van der Waals surface area contributed by atoms with Gasteiger partial charge >= 0.3 is 11.9 Å². The molecule has 8 rings (SSSR count). The van der Waals surface area contributed by atoms with E-state index >= 15 is 0 Å². The number of nitrogens with two attached hydrogens (primary N) is 2. The Morgan fingerprint density at radius 1 is 1.06 bits per heavy atom. The fraction of sp³-hybridized carbons (Fsp3) is 0.529. The van der Waals surface area contributed by atoms with E-state index < -0.39 is 79.0 Å². The number of fused-ring (bicyclic) bond motifs is 9. The summed E-state index contributed by atoms with van der Waals surface area (Å²) in [5.41, 5.74) is 10.8. The first kappa shape index (κ1) is 33.2. The van der Waals surface area contributed by atoms with Crippen molar-refractivity contribution < 1.29 is 63.2 Å². The van der Waals surface area contributed by atoms with E-state index in [2.05, 4.69) is 11.8 Å². The molecule has 1 saturated heterocycles. The van der Waals surface area contributed by atoms with Gasteiger partial charge in [-0.1, -0.05) is 17.9 Å². The summed E-state index contributed by atoms with van der Waals surface area (Å²) in [6.07, 6.45) is -8.73. The molecule has 0 aromatic heterocycles. The summed E-state index contributed by atoms with van der Waals surface area (Å²) < 4.78 is 42.2. The van der Waals surface area contributed by atoms with Crippen LogP contribution in [0.2, 0.25) is 0 Å². The van der Waals surface area contributed by atoms with E-state index in [1.165, 1.54) is 0 Å². The van der Waals surface area contributed by atoms with Crippen LogP contribution in [0.25, 0.3) is 0 Å². The molecule has 1 spiro atoms. The maximum atomic E-state index is 12.3. The summed E-state index contributed by atoms with van der Waals surface area (Å²) in [7, 11) is 3.12. The third-order valence-electron chi connectivity index (χ3n) is 10.1. The van der Waals surface area contributed by atoms with Crippen molar-refractivity contribution in [2.24, 2.45) is 11.5 Å². The molecule has 15 heteroatoms. The number of aliphatic carboxylic acids is 1. The second-order valence-electron chi connectivity index (χ2n) is 13.0. The topological polar surface area (TPSA) is 232 Å². The molecule has 2 fully saturated rings. The van der Waals surface area contributed by atoms with Crippen molar-refractivity contribution in [1.29, 1.82) is 0 Å². The maximum Gasteiger partial charge on any atom is 0.317 e. The van der Waals surface area contributed by atoms with E-state index in [0.29, 0.717) is 34.1 Å². The lowest BCUT2D eigenvalue weighted by atomic mass is 9.74. The van der Waals surface area contributed by atoms with Gasteiger partial charge in [-0.25, -0.2) is 0 Å². The van der Waals surface area contributed by atoms with Crippen molar-refractivity contribution in [2.45, 2.75) is 98.6 Å². The number of ether oxygens (including phenoxy) is 7. The van der Waals surface area contributed by atoms with Crippen LogP contribution in [0.1, 0.15) is 67.2 Å². The van der Waals surface area contributed by atoms with Crippen LogP contribution < -0.4 is 35.2 Å². The number of rotatable bonds is 7. The van der Waals surface area contributed by atoms with Crippen LogP contribution in [0.4, 0.5) is 0 Å². The predicted molar refractivity (Wildman–Crippen MR) is 166 cm³/mol. The molecule has 8 N–H and O–H groups in total. The van der Waals surface area contributed by atoms with Crippen LogP contribution in [0.15, 0.2) is 24.3 Å². The monoisotopic (exact) mass is 682 g/mol. The summed E-state index contributed by atoms with van der Waals surface area (Å²) in [4.78, 5) is 23.4. The second-order valence-corrected chi connectivity index (χ2v) is 13.0. The molecule has 0 unspecified atom stereocenters. The highest BCUT2D eigenvalue weighted by molar-refractivity contribution is 5.90. The van der Waals surface area contributed by atoms with E-state index in [1.54, 1.807) is 26.4 Å². The normalized spacial score (nSPS) is 30.6. The van der Waals surface area contributed by atoms with Gasteiger partial charge in [-0.15, -0.1) is 0 Å². The first-order chi connectivity index (χ1) is 23.4. The molecule has 6 aliphatic rings. The quantitative estimate of drug-likeness (QED) is 0.101. The lowest BCUT2D eigenvalue weighted by molar-refractivity contribution is -0.324. The number of carboxylic acids is 1. The van der Waals surface area contributed by atoms with Gasteiger partial charge in [0.05, 0.1) is 31.9 Å². The van der Waals surface area contributed by atoms with Gasteiger partial charge in [0, 0.05) is 23.6 Å². The summed E-state index contributed by atoms with van der Waals surface area (Å²) in [5.74, 6) is 5.22. The summed E-state index contributed by atoms with van der Waals surface area (Å²) >= 11 is 0. The minimum atomic E-state index is -2.38. The Balaban J connectivity index is 1.29. The first-order valence-corrected chi connectivity index (χ1v) is 16.0. The SMILES string of the molecule is COc1ccc2c(c1OC)O[C@H]1c3cc4c(cc3OC3(CCCC3)[C@@H]21)O[C@@H]1O[C@H]([C@H](OC(=O)CC(=O)O)C(N)N)[C@](O)(CC#C4)[C@H](O)[C@H]1O. The Morgan fingerprint density at radius 3 is 2.49 bits per heavy atom. The maximum absolute atomic E-state index is 12.3. The molecule has 2 aromatic carbocycles. The number of hydrogen-bond donors (Lipinski definition) is 6. The molecule has 1 saturated carbocycles. The molecular weight excluding hydrogens is 644 g/mol. The Morgan fingerprint density at radius 2 is 1.82 bits per heavy atom. The van der Waals surface area contributed by atoms with Gasteiger partial charge in [-0.2, -0.15) is 0 Å². The van der Waals surface area contributed by atoms with E-state index in [4.69, 9.17) is 49.7 Å².